The van der Waals surface area contributed by atoms with Gasteiger partial charge in [0.25, 0.3) is 10.0 Å². The Labute approximate surface area is 196 Å². The number of amides is 1. The number of hydrogen-bond acceptors (Lipinski definition) is 5. The molecule has 0 bridgehead atoms. The quantitative estimate of drug-likeness (QED) is 0.560. The van der Waals surface area contributed by atoms with E-state index in [2.05, 4.69) is 15.0 Å². The Balaban J connectivity index is 1.63. The maximum absolute atomic E-state index is 12.8. The summed E-state index contributed by atoms with van der Waals surface area (Å²) in [4.78, 5) is 17.6. The van der Waals surface area contributed by atoms with E-state index in [0.717, 1.165) is 11.3 Å². The summed E-state index contributed by atoms with van der Waals surface area (Å²) >= 11 is 6.19. The number of anilines is 2. The molecule has 1 aliphatic rings. The fourth-order valence-corrected chi connectivity index (χ4v) is 4.54. The van der Waals surface area contributed by atoms with Crippen molar-refractivity contribution in [2.24, 2.45) is 4.99 Å². The fraction of sp³-hybridized carbons (Fsp3) is 0.130. The van der Waals surface area contributed by atoms with Crippen LogP contribution in [0.4, 0.5) is 11.4 Å². The van der Waals surface area contributed by atoms with Crippen LogP contribution in [0.15, 0.2) is 76.6 Å². The molecule has 2 N–H and O–H groups in total. The van der Waals surface area contributed by atoms with Crippen molar-refractivity contribution in [3.63, 3.8) is 0 Å². The Morgan fingerprint density at radius 1 is 1.06 bits per heavy atom. The third-order valence-electron chi connectivity index (χ3n) is 5.00. The lowest BCUT2D eigenvalue weighted by atomic mass is 10.2. The van der Waals surface area contributed by atoms with E-state index in [4.69, 9.17) is 16.3 Å². The zero-order chi connectivity index (χ0) is 23.6. The van der Waals surface area contributed by atoms with Crippen LogP contribution in [0.3, 0.4) is 0 Å². The van der Waals surface area contributed by atoms with Gasteiger partial charge in [0.15, 0.2) is 5.75 Å². The van der Waals surface area contributed by atoms with Crippen LogP contribution in [0.2, 0.25) is 5.02 Å². The van der Waals surface area contributed by atoms with Crippen LogP contribution in [0.25, 0.3) is 0 Å². The van der Waals surface area contributed by atoms with Crippen molar-refractivity contribution in [3.05, 3.63) is 77.3 Å². The van der Waals surface area contributed by atoms with Crippen LogP contribution < -0.4 is 19.7 Å². The number of sulfonamides is 1. The molecule has 3 aromatic rings. The van der Waals surface area contributed by atoms with E-state index in [1.54, 1.807) is 43.4 Å². The Morgan fingerprint density at radius 3 is 2.55 bits per heavy atom. The highest BCUT2D eigenvalue weighted by Crippen LogP contribution is 2.38. The highest BCUT2D eigenvalue weighted by atomic mass is 35.5. The number of guanidine groups is 1. The molecule has 1 amide bonds. The SMILES string of the molecule is CC(=O)N(C)c1cccc(CN=C2Nc3c(Oc4ccccc4Cl)cccc3S(=O)(=O)N2)c1. The molecule has 0 unspecified atom stereocenters. The number of hydrogen-bond donors (Lipinski definition) is 2. The predicted molar refractivity (Wildman–Crippen MR) is 129 cm³/mol. The number of para-hydroxylation sites is 2. The number of halogens is 1. The van der Waals surface area contributed by atoms with Crippen molar-refractivity contribution < 1.29 is 17.9 Å². The van der Waals surface area contributed by atoms with E-state index in [-0.39, 0.29) is 29.0 Å². The van der Waals surface area contributed by atoms with Gasteiger partial charge in [-0.15, -0.1) is 0 Å². The average molecular weight is 485 g/mol. The van der Waals surface area contributed by atoms with E-state index >= 15 is 0 Å². The van der Waals surface area contributed by atoms with Crippen molar-refractivity contribution >= 4 is 44.9 Å². The minimum atomic E-state index is -3.86. The molecular weight excluding hydrogens is 464 g/mol. The maximum Gasteiger partial charge on any atom is 0.266 e. The minimum Gasteiger partial charge on any atom is -0.454 e. The lowest BCUT2D eigenvalue weighted by Gasteiger charge is -2.24. The Hall–Kier alpha value is -3.56. The number of nitrogens with one attached hydrogen (secondary N) is 2. The largest absolute Gasteiger partial charge is 0.454 e. The van der Waals surface area contributed by atoms with Gasteiger partial charge in [-0.2, -0.15) is 0 Å². The number of nitrogens with zero attached hydrogens (tertiary/aromatic N) is 2. The van der Waals surface area contributed by atoms with Crippen LogP contribution in [0.1, 0.15) is 12.5 Å². The van der Waals surface area contributed by atoms with Crippen LogP contribution in [-0.4, -0.2) is 27.3 Å². The molecule has 0 saturated heterocycles. The summed E-state index contributed by atoms with van der Waals surface area (Å²) < 4.78 is 34.0. The number of fused-ring (bicyclic) bond motifs is 1. The summed E-state index contributed by atoms with van der Waals surface area (Å²) in [5, 5.41) is 3.41. The summed E-state index contributed by atoms with van der Waals surface area (Å²) in [5.41, 5.74) is 1.79. The summed E-state index contributed by atoms with van der Waals surface area (Å²) in [7, 11) is -2.18. The standard InChI is InChI=1S/C23H21ClN4O4S/c1-15(29)28(2)17-8-5-7-16(13-17)14-25-23-26-22-20(32-19-10-4-3-9-18(19)24)11-6-12-21(22)33(30,31)27-23/h3-13H,14H2,1-2H3,(H2,25,26,27). The van der Waals surface area contributed by atoms with Gasteiger partial charge in [0, 0.05) is 19.7 Å². The topological polar surface area (TPSA) is 100 Å². The molecule has 0 aliphatic carbocycles. The van der Waals surface area contributed by atoms with Crippen molar-refractivity contribution in [1.29, 1.82) is 0 Å². The van der Waals surface area contributed by atoms with E-state index in [1.165, 1.54) is 17.9 Å². The summed E-state index contributed by atoms with van der Waals surface area (Å²) in [6.45, 7) is 1.67. The molecule has 3 aromatic carbocycles. The Morgan fingerprint density at radius 2 is 1.79 bits per heavy atom. The van der Waals surface area contributed by atoms with E-state index < -0.39 is 10.0 Å². The molecule has 1 aliphatic heterocycles. The fourth-order valence-electron chi connectivity index (χ4n) is 3.20. The number of benzene rings is 3. The molecule has 0 spiro atoms. The Kier molecular flexibility index (Phi) is 6.26. The lowest BCUT2D eigenvalue weighted by molar-refractivity contribution is -0.116. The first-order chi connectivity index (χ1) is 15.7. The molecular formula is C23H21ClN4O4S. The minimum absolute atomic E-state index is 0.0380. The zero-order valence-electron chi connectivity index (χ0n) is 17.9. The highest BCUT2D eigenvalue weighted by Gasteiger charge is 2.29. The van der Waals surface area contributed by atoms with Crippen LogP contribution >= 0.6 is 11.6 Å². The average Bonchev–Trinajstić information content (AvgIpc) is 2.79. The molecule has 0 radical (unpaired) electrons. The number of carbonyl (C=O) groups is 1. The van der Waals surface area contributed by atoms with Gasteiger partial charge in [-0.3, -0.25) is 4.79 Å². The van der Waals surface area contributed by atoms with E-state index in [1.807, 2.05) is 24.3 Å². The summed E-state index contributed by atoms with van der Waals surface area (Å²) in [6.07, 6.45) is 0. The second kappa shape index (κ2) is 9.13. The predicted octanol–water partition coefficient (Wildman–Crippen LogP) is 4.38. The summed E-state index contributed by atoms with van der Waals surface area (Å²) in [6, 6.07) is 18.9. The molecule has 4 rings (SSSR count). The van der Waals surface area contributed by atoms with Gasteiger partial charge in [0.2, 0.25) is 11.9 Å². The van der Waals surface area contributed by atoms with Gasteiger partial charge in [0.1, 0.15) is 16.3 Å². The first-order valence-corrected chi connectivity index (χ1v) is 11.8. The smallest absolute Gasteiger partial charge is 0.266 e. The number of carbonyl (C=O) groups excluding carboxylic acids is 1. The number of aliphatic imine (C=N–C) groups is 1. The third-order valence-corrected chi connectivity index (χ3v) is 6.69. The molecule has 0 fully saturated rings. The third kappa shape index (κ3) is 4.94. The van der Waals surface area contributed by atoms with Gasteiger partial charge in [-0.25, -0.2) is 18.1 Å². The van der Waals surface area contributed by atoms with Gasteiger partial charge in [-0.1, -0.05) is 41.9 Å². The molecule has 170 valence electrons. The van der Waals surface area contributed by atoms with Gasteiger partial charge >= 0.3 is 0 Å². The highest BCUT2D eigenvalue weighted by molar-refractivity contribution is 7.90. The van der Waals surface area contributed by atoms with Crippen LogP contribution in [-0.2, 0) is 21.4 Å². The van der Waals surface area contributed by atoms with Crippen molar-refractivity contribution in [1.82, 2.24) is 4.72 Å². The second-order valence-corrected chi connectivity index (χ2v) is 9.36. The molecule has 8 nitrogen and oxygen atoms in total. The van der Waals surface area contributed by atoms with Crippen molar-refractivity contribution in [2.45, 2.75) is 18.4 Å². The van der Waals surface area contributed by atoms with E-state index in [0.29, 0.717) is 16.5 Å². The second-order valence-electron chi connectivity index (χ2n) is 7.31. The van der Waals surface area contributed by atoms with Gasteiger partial charge in [-0.05, 0) is 42.0 Å². The number of ether oxygens (including phenoxy) is 1. The maximum atomic E-state index is 12.8. The molecule has 0 atom stereocenters. The first kappa shape index (κ1) is 22.6. The van der Waals surface area contributed by atoms with Crippen molar-refractivity contribution in [2.75, 3.05) is 17.3 Å². The molecule has 10 heteroatoms. The van der Waals surface area contributed by atoms with E-state index in [9.17, 15) is 13.2 Å². The molecule has 0 aromatic heterocycles. The first-order valence-electron chi connectivity index (χ1n) is 9.97. The van der Waals surface area contributed by atoms with Gasteiger partial charge < -0.3 is 15.0 Å². The van der Waals surface area contributed by atoms with Crippen molar-refractivity contribution in [3.8, 4) is 11.5 Å². The normalized spacial score (nSPS) is 15.2. The molecule has 0 saturated carbocycles. The van der Waals surface area contributed by atoms with Gasteiger partial charge in [0.05, 0.1) is 11.6 Å². The lowest BCUT2D eigenvalue weighted by Crippen LogP contribution is -2.40. The Bertz CT molecular complexity index is 1360. The zero-order valence-corrected chi connectivity index (χ0v) is 19.4. The van der Waals surface area contributed by atoms with Crippen LogP contribution in [0, 0.1) is 0 Å². The number of rotatable bonds is 5. The molecule has 1 heterocycles. The summed E-state index contributed by atoms with van der Waals surface area (Å²) in [5.74, 6) is 0.657. The monoisotopic (exact) mass is 484 g/mol. The molecule has 33 heavy (non-hydrogen) atoms. The van der Waals surface area contributed by atoms with Crippen LogP contribution in [0.5, 0.6) is 11.5 Å².